The van der Waals surface area contributed by atoms with Crippen molar-refractivity contribution in [1.29, 1.82) is 0 Å². The summed E-state index contributed by atoms with van der Waals surface area (Å²) in [4.78, 5) is 18.8. The lowest BCUT2D eigenvalue weighted by Crippen LogP contribution is -2.31. The number of carbonyl (C=O) groups is 1. The molecule has 0 aromatic heterocycles. The van der Waals surface area contributed by atoms with Gasteiger partial charge in [0.15, 0.2) is 0 Å². The molecule has 24 heavy (non-hydrogen) atoms. The summed E-state index contributed by atoms with van der Waals surface area (Å²) in [5, 5.41) is 0. The highest BCUT2D eigenvalue weighted by molar-refractivity contribution is 6.06. The number of rotatable bonds is 5. The summed E-state index contributed by atoms with van der Waals surface area (Å²) in [5.74, 6) is 0. The Labute approximate surface area is 144 Å². The molecule has 0 unspecified atom stereocenters. The third-order valence-corrected chi connectivity index (χ3v) is 4.61. The van der Waals surface area contributed by atoms with Crippen molar-refractivity contribution in [3.63, 3.8) is 0 Å². The first-order valence-corrected chi connectivity index (χ1v) is 8.64. The number of hydrogen-bond donors (Lipinski definition) is 0. The van der Waals surface area contributed by atoms with Crippen LogP contribution in [0.15, 0.2) is 48.5 Å². The maximum absolute atomic E-state index is 12.8. The fourth-order valence-electron chi connectivity index (χ4n) is 3.24. The summed E-state index contributed by atoms with van der Waals surface area (Å²) in [6.45, 7) is 9.77. The summed E-state index contributed by atoms with van der Waals surface area (Å²) >= 11 is 0. The van der Waals surface area contributed by atoms with Gasteiger partial charge in [0.2, 0.25) is 0 Å². The molecular weight excluding hydrogens is 298 g/mol. The van der Waals surface area contributed by atoms with Crippen LogP contribution in [-0.4, -0.2) is 32.2 Å². The second-order valence-electron chi connectivity index (χ2n) is 6.11. The van der Waals surface area contributed by atoms with E-state index in [1.165, 1.54) is 11.3 Å². The van der Waals surface area contributed by atoms with Crippen molar-refractivity contribution in [2.45, 2.75) is 20.8 Å². The number of aryl methyl sites for hydroxylation is 1. The molecule has 1 aliphatic rings. The summed E-state index contributed by atoms with van der Waals surface area (Å²) < 4.78 is 0. The Hall–Kier alpha value is -2.49. The van der Waals surface area contributed by atoms with Crippen molar-refractivity contribution in [3.05, 3.63) is 54.1 Å². The van der Waals surface area contributed by atoms with E-state index in [-0.39, 0.29) is 6.03 Å². The zero-order chi connectivity index (χ0) is 17.1. The van der Waals surface area contributed by atoms with Crippen molar-refractivity contribution >= 4 is 23.1 Å². The van der Waals surface area contributed by atoms with Gasteiger partial charge in [0.1, 0.15) is 0 Å². The highest BCUT2D eigenvalue weighted by Gasteiger charge is 2.30. The van der Waals surface area contributed by atoms with Crippen molar-refractivity contribution < 1.29 is 4.79 Å². The van der Waals surface area contributed by atoms with Gasteiger partial charge in [-0.3, -0.25) is 9.80 Å². The second-order valence-corrected chi connectivity index (χ2v) is 6.11. The van der Waals surface area contributed by atoms with E-state index >= 15 is 0 Å². The summed E-state index contributed by atoms with van der Waals surface area (Å²) in [6.07, 6.45) is 0. The molecule has 1 saturated heterocycles. The van der Waals surface area contributed by atoms with Gasteiger partial charge in [-0.15, -0.1) is 0 Å². The maximum Gasteiger partial charge on any atom is 0.329 e. The Kier molecular flexibility index (Phi) is 4.74. The Morgan fingerprint density at radius 3 is 2.12 bits per heavy atom. The summed E-state index contributed by atoms with van der Waals surface area (Å²) in [6, 6.07) is 16.5. The van der Waals surface area contributed by atoms with Gasteiger partial charge in [-0.05, 0) is 62.7 Å². The smallest absolute Gasteiger partial charge is 0.329 e. The molecule has 1 aliphatic heterocycles. The highest BCUT2D eigenvalue weighted by atomic mass is 16.2. The van der Waals surface area contributed by atoms with Gasteiger partial charge < -0.3 is 4.90 Å². The van der Waals surface area contributed by atoms with Crippen molar-refractivity contribution in [1.82, 2.24) is 0 Å². The Morgan fingerprint density at radius 1 is 0.917 bits per heavy atom. The molecule has 4 heteroatoms. The van der Waals surface area contributed by atoms with Crippen LogP contribution in [-0.2, 0) is 0 Å². The van der Waals surface area contributed by atoms with Crippen molar-refractivity contribution in [3.8, 4) is 0 Å². The van der Waals surface area contributed by atoms with Gasteiger partial charge in [0.05, 0.1) is 0 Å². The number of urea groups is 1. The first-order chi connectivity index (χ1) is 11.6. The average molecular weight is 323 g/mol. The number of hydrogen-bond acceptors (Lipinski definition) is 2. The molecule has 0 spiro atoms. The summed E-state index contributed by atoms with van der Waals surface area (Å²) in [5.41, 5.74) is 4.31. The Morgan fingerprint density at radius 2 is 1.54 bits per heavy atom. The van der Waals surface area contributed by atoms with Gasteiger partial charge >= 0.3 is 6.03 Å². The SMILES string of the molecule is CCN(CC)c1ccc(N2CCN(c3cccc(C)c3)C2=O)cc1. The van der Waals surface area contributed by atoms with Crippen LogP contribution < -0.4 is 14.7 Å². The molecule has 0 bridgehead atoms. The molecule has 0 aliphatic carbocycles. The zero-order valence-electron chi connectivity index (χ0n) is 14.7. The van der Waals surface area contributed by atoms with E-state index in [4.69, 9.17) is 0 Å². The predicted octanol–water partition coefficient (Wildman–Crippen LogP) is 4.29. The fraction of sp³-hybridized carbons (Fsp3) is 0.350. The van der Waals surface area contributed by atoms with E-state index < -0.39 is 0 Å². The first kappa shape index (κ1) is 16.4. The topological polar surface area (TPSA) is 26.8 Å². The molecular formula is C20H25N3O. The fourth-order valence-corrected chi connectivity index (χ4v) is 3.24. The minimum absolute atomic E-state index is 0.0520. The lowest BCUT2D eigenvalue weighted by molar-refractivity contribution is 0.256. The van der Waals surface area contributed by atoms with Crippen LogP contribution in [0.5, 0.6) is 0 Å². The number of anilines is 3. The molecule has 0 atom stereocenters. The molecule has 3 rings (SSSR count). The van der Waals surface area contributed by atoms with E-state index in [0.29, 0.717) is 0 Å². The van der Waals surface area contributed by atoms with Gasteiger partial charge in [-0.25, -0.2) is 4.79 Å². The normalized spacial score (nSPS) is 14.4. The minimum atomic E-state index is 0.0520. The van der Waals surface area contributed by atoms with Crippen LogP contribution in [0.2, 0.25) is 0 Å². The van der Waals surface area contributed by atoms with Gasteiger partial charge in [0, 0.05) is 43.2 Å². The average Bonchev–Trinajstić information content (AvgIpc) is 2.98. The van der Waals surface area contributed by atoms with Crippen molar-refractivity contribution in [2.75, 3.05) is 40.9 Å². The van der Waals surface area contributed by atoms with E-state index in [9.17, 15) is 4.79 Å². The lowest BCUT2D eigenvalue weighted by atomic mass is 10.2. The Bertz CT molecular complexity index is 707. The van der Waals surface area contributed by atoms with Crippen LogP contribution in [0.1, 0.15) is 19.4 Å². The second kappa shape index (κ2) is 6.95. The number of nitrogens with zero attached hydrogens (tertiary/aromatic N) is 3. The molecule has 2 amide bonds. The van der Waals surface area contributed by atoms with Crippen LogP contribution in [0.3, 0.4) is 0 Å². The first-order valence-electron chi connectivity index (χ1n) is 8.64. The standard InChI is InChI=1S/C20H25N3O/c1-4-21(5-2)17-9-11-18(12-10-17)22-13-14-23(20(22)24)19-8-6-7-16(3)15-19/h6-12,15H,4-5,13-14H2,1-3H3. The van der Waals surface area contributed by atoms with E-state index in [2.05, 4.69) is 36.9 Å². The van der Waals surface area contributed by atoms with Crippen LogP contribution in [0.25, 0.3) is 0 Å². The van der Waals surface area contributed by atoms with Gasteiger partial charge in [-0.2, -0.15) is 0 Å². The number of amides is 2. The molecule has 126 valence electrons. The van der Waals surface area contributed by atoms with Crippen molar-refractivity contribution in [2.24, 2.45) is 0 Å². The zero-order valence-corrected chi connectivity index (χ0v) is 14.7. The quantitative estimate of drug-likeness (QED) is 0.821. The molecule has 1 heterocycles. The molecule has 4 nitrogen and oxygen atoms in total. The molecule has 2 aromatic carbocycles. The number of benzene rings is 2. The maximum atomic E-state index is 12.8. The largest absolute Gasteiger partial charge is 0.372 e. The van der Waals surface area contributed by atoms with E-state index in [1.54, 1.807) is 0 Å². The molecule has 1 fully saturated rings. The minimum Gasteiger partial charge on any atom is -0.372 e. The highest BCUT2D eigenvalue weighted by Crippen LogP contribution is 2.27. The summed E-state index contributed by atoms with van der Waals surface area (Å²) in [7, 11) is 0. The third kappa shape index (κ3) is 3.09. The van der Waals surface area contributed by atoms with Crippen LogP contribution in [0, 0.1) is 6.92 Å². The van der Waals surface area contributed by atoms with Crippen LogP contribution in [0.4, 0.5) is 21.9 Å². The molecule has 0 radical (unpaired) electrons. The molecule has 0 saturated carbocycles. The molecule has 0 N–H and O–H groups in total. The lowest BCUT2D eigenvalue weighted by Gasteiger charge is -2.23. The predicted molar refractivity (Wildman–Crippen MR) is 101 cm³/mol. The third-order valence-electron chi connectivity index (χ3n) is 4.61. The monoisotopic (exact) mass is 323 g/mol. The van der Waals surface area contributed by atoms with E-state index in [0.717, 1.165) is 37.6 Å². The van der Waals surface area contributed by atoms with Crippen LogP contribution >= 0.6 is 0 Å². The van der Waals surface area contributed by atoms with Gasteiger partial charge in [0.25, 0.3) is 0 Å². The number of carbonyl (C=O) groups excluding carboxylic acids is 1. The van der Waals surface area contributed by atoms with E-state index in [1.807, 2.05) is 47.1 Å². The Balaban J connectivity index is 1.78. The van der Waals surface area contributed by atoms with Gasteiger partial charge in [-0.1, -0.05) is 12.1 Å². The molecule has 2 aromatic rings.